The van der Waals surface area contributed by atoms with Crippen LogP contribution >= 0.6 is 0 Å². The van der Waals surface area contributed by atoms with E-state index >= 15 is 0 Å². The van der Waals surface area contributed by atoms with E-state index in [0.29, 0.717) is 6.61 Å². The molecule has 0 spiro atoms. The number of unbranched alkanes of at least 4 members (excludes halogenated alkanes) is 5. The molecule has 1 aromatic carbocycles. The fourth-order valence-corrected chi connectivity index (χ4v) is 2.45. The van der Waals surface area contributed by atoms with Crippen LogP contribution in [0.3, 0.4) is 0 Å². The standard InChI is InChI=1S/C17H26N2O2/c1-2-3-4-5-6-7-12-21-14-8-9-15(16(20)13-14)17-18-10-11-19-17/h8-9,13,20H,2-7,10-12H2,1H3,(H,18,19). The molecule has 1 aromatic rings. The van der Waals surface area contributed by atoms with E-state index in [2.05, 4.69) is 17.2 Å². The molecule has 0 bridgehead atoms. The van der Waals surface area contributed by atoms with Crippen LogP contribution in [0.4, 0.5) is 0 Å². The zero-order valence-electron chi connectivity index (χ0n) is 12.9. The Balaban J connectivity index is 1.73. The first-order valence-corrected chi connectivity index (χ1v) is 8.05. The quantitative estimate of drug-likeness (QED) is 0.685. The lowest BCUT2D eigenvalue weighted by Crippen LogP contribution is -2.19. The number of nitrogens with zero attached hydrogens (tertiary/aromatic N) is 1. The van der Waals surface area contributed by atoms with Gasteiger partial charge in [-0.1, -0.05) is 39.0 Å². The summed E-state index contributed by atoms with van der Waals surface area (Å²) in [6, 6.07) is 5.44. The van der Waals surface area contributed by atoms with Crippen LogP contribution < -0.4 is 10.1 Å². The Labute approximate surface area is 127 Å². The van der Waals surface area contributed by atoms with Crippen molar-refractivity contribution in [3.63, 3.8) is 0 Å². The zero-order valence-corrected chi connectivity index (χ0v) is 12.9. The predicted molar refractivity (Wildman–Crippen MR) is 86.4 cm³/mol. The molecule has 1 heterocycles. The van der Waals surface area contributed by atoms with E-state index in [1.165, 1.54) is 32.1 Å². The largest absolute Gasteiger partial charge is 0.507 e. The second-order valence-corrected chi connectivity index (χ2v) is 5.45. The van der Waals surface area contributed by atoms with Crippen LogP contribution in [0.25, 0.3) is 0 Å². The highest BCUT2D eigenvalue weighted by Crippen LogP contribution is 2.24. The molecule has 0 aromatic heterocycles. The maximum absolute atomic E-state index is 10.1. The number of amidine groups is 1. The van der Waals surface area contributed by atoms with Gasteiger partial charge in [0.15, 0.2) is 0 Å². The number of hydrogen-bond acceptors (Lipinski definition) is 4. The molecule has 1 aliphatic heterocycles. The Morgan fingerprint density at radius 3 is 2.71 bits per heavy atom. The number of ether oxygens (including phenoxy) is 1. The van der Waals surface area contributed by atoms with Crippen LogP contribution in [0.5, 0.6) is 11.5 Å². The predicted octanol–water partition coefficient (Wildman–Crippen LogP) is 3.48. The molecule has 0 unspecified atom stereocenters. The van der Waals surface area contributed by atoms with Crippen molar-refractivity contribution in [2.75, 3.05) is 19.7 Å². The van der Waals surface area contributed by atoms with Gasteiger partial charge in [-0.15, -0.1) is 0 Å². The third-order valence-corrected chi connectivity index (χ3v) is 3.67. The minimum absolute atomic E-state index is 0.226. The molecular formula is C17H26N2O2. The third kappa shape index (κ3) is 4.96. The van der Waals surface area contributed by atoms with Crippen molar-refractivity contribution >= 4 is 5.84 Å². The van der Waals surface area contributed by atoms with Crippen LogP contribution in [0, 0.1) is 0 Å². The molecular weight excluding hydrogens is 264 g/mol. The number of hydrogen-bond donors (Lipinski definition) is 2. The first-order valence-electron chi connectivity index (χ1n) is 8.05. The molecule has 21 heavy (non-hydrogen) atoms. The molecule has 0 saturated carbocycles. The maximum atomic E-state index is 10.1. The number of benzene rings is 1. The second-order valence-electron chi connectivity index (χ2n) is 5.45. The van der Waals surface area contributed by atoms with E-state index in [4.69, 9.17) is 4.74 Å². The van der Waals surface area contributed by atoms with Gasteiger partial charge in [-0.25, -0.2) is 0 Å². The lowest BCUT2D eigenvalue weighted by molar-refractivity contribution is 0.302. The van der Waals surface area contributed by atoms with Gasteiger partial charge in [-0.05, 0) is 18.6 Å². The van der Waals surface area contributed by atoms with Gasteiger partial charge in [0.1, 0.15) is 17.3 Å². The van der Waals surface area contributed by atoms with Gasteiger partial charge in [0.05, 0.1) is 18.7 Å². The minimum Gasteiger partial charge on any atom is -0.507 e. The minimum atomic E-state index is 0.226. The molecule has 0 amide bonds. The van der Waals surface area contributed by atoms with Gasteiger partial charge in [0.2, 0.25) is 0 Å². The van der Waals surface area contributed by atoms with Gasteiger partial charge in [-0.3, -0.25) is 4.99 Å². The van der Waals surface area contributed by atoms with Gasteiger partial charge >= 0.3 is 0 Å². The molecule has 0 radical (unpaired) electrons. The first kappa shape index (κ1) is 15.7. The molecule has 0 fully saturated rings. The van der Waals surface area contributed by atoms with Gasteiger partial charge < -0.3 is 15.2 Å². The number of aromatic hydroxyl groups is 1. The van der Waals surface area contributed by atoms with Gasteiger partial charge in [-0.2, -0.15) is 0 Å². The summed E-state index contributed by atoms with van der Waals surface area (Å²) in [5.74, 6) is 1.72. The van der Waals surface area contributed by atoms with E-state index in [9.17, 15) is 5.11 Å². The Kier molecular flexibility index (Phi) is 6.38. The molecule has 2 N–H and O–H groups in total. The van der Waals surface area contributed by atoms with Crippen molar-refractivity contribution in [3.05, 3.63) is 23.8 Å². The molecule has 2 rings (SSSR count). The van der Waals surface area contributed by atoms with Crippen LogP contribution in [0.1, 0.15) is 51.0 Å². The van der Waals surface area contributed by atoms with E-state index in [1.54, 1.807) is 6.07 Å². The normalized spacial score (nSPS) is 13.9. The highest BCUT2D eigenvalue weighted by Gasteiger charge is 2.12. The highest BCUT2D eigenvalue weighted by atomic mass is 16.5. The van der Waals surface area contributed by atoms with Crippen LogP contribution in [-0.4, -0.2) is 30.6 Å². The summed E-state index contributed by atoms with van der Waals surface area (Å²) in [5, 5.41) is 13.2. The molecule has 4 nitrogen and oxygen atoms in total. The third-order valence-electron chi connectivity index (χ3n) is 3.67. The number of nitrogens with one attached hydrogen (secondary N) is 1. The van der Waals surface area contributed by atoms with Crippen molar-refractivity contribution < 1.29 is 9.84 Å². The lowest BCUT2D eigenvalue weighted by Gasteiger charge is -2.09. The fraction of sp³-hybridized carbons (Fsp3) is 0.588. The number of phenolic OH excluding ortho intramolecular Hbond substituents is 1. The zero-order chi connectivity index (χ0) is 14.9. The van der Waals surface area contributed by atoms with Gasteiger partial charge in [0, 0.05) is 12.6 Å². The molecule has 0 aliphatic carbocycles. The number of phenols is 1. The SMILES string of the molecule is CCCCCCCCOc1ccc(C2=NCCN2)c(O)c1. The molecule has 4 heteroatoms. The Morgan fingerprint density at radius 1 is 1.19 bits per heavy atom. The van der Waals surface area contributed by atoms with Crippen molar-refractivity contribution in [1.29, 1.82) is 0 Å². The number of aliphatic imine (C=N–C) groups is 1. The van der Waals surface area contributed by atoms with E-state index in [0.717, 1.165) is 36.7 Å². The Morgan fingerprint density at radius 2 is 2.00 bits per heavy atom. The smallest absolute Gasteiger partial charge is 0.132 e. The Hall–Kier alpha value is -1.71. The molecule has 0 saturated heterocycles. The summed E-state index contributed by atoms with van der Waals surface area (Å²) in [6.45, 7) is 4.55. The molecule has 0 atom stereocenters. The maximum Gasteiger partial charge on any atom is 0.132 e. The lowest BCUT2D eigenvalue weighted by atomic mass is 10.1. The van der Waals surface area contributed by atoms with Gasteiger partial charge in [0.25, 0.3) is 0 Å². The fourth-order valence-electron chi connectivity index (χ4n) is 2.45. The van der Waals surface area contributed by atoms with Crippen molar-refractivity contribution in [2.24, 2.45) is 4.99 Å². The molecule has 116 valence electrons. The molecule has 1 aliphatic rings. The summed E-state index contributed by atoms with van der Waals surface area (Å²) < 4.78 is 5.69. The summed E-state index contributed by atoms with van der Waals surface area (Å²) >= 11 is 0. The summed E-state index contributed by atoms with van der Waals surface area (Å²) in [6.07, 6.45) is 7.50. The number of rotatable bonds is 9. The second kappa shape index (κ2) is 8.55. The topological polar surface area (TPSA) is 53.8 Å². The summed E-state index contributed by atoms with van der Waals surface area (Å²) in [5.41, 5.74) is 0.749. The van der Waals surface area contributed by atoms with Crippen LogP contribution in [-0.2, 0) is 0 Å². The first-order chi connectivity index (χ1) is 10.3. The van der Waals surface area contributed by atoms with Crippen molar-refractivity contribution in [3.8, 4) is 11.5 Å². The van der Waals surface area contributed by atoms with Crippen LogP contribution in [0.15, 0.2) is 23.2 Å². The summed E-state index contributed by atoms with van der Waals surface area (Å²) in [4.78, 5) is 4.31. The Bertz CT molecular complexity index is 472. The average Bonchev–Trinajstić information content (AvgIpc) is 3.00. The van der Waals surface area contributed by atoms with Crippen molar-refractivity contribution in [2.45, 2.75) is 45.4 Å². The van der Waals surface area contributed by atoms with Crippen molar-refractivity contribution in [1.82, 2.24) is 5.32 Å². The highest BCUT2D eigenvalue weighted by molar-refractivity contribution is 6.02. The van der Waals surface area contributed by atoms with E-state index in [1.807, 2.05) is 12.1 Å². The van der Waals surface area contributed by atoms with E-state index in [-0.39, 0.29) is 5.75 Å². The van der Waals surface area contributed by atoms with Crippen LogP contribution in [0.2, 0.25) is 0 Å². The average molecular weight is 290 g/mol. The van der Waals surface area contributed by atoms with E-state index < -0.39 is 0 Å². The monoisotopic (exact) mass is 290 g/mol. The summed E-state index contributed by atoms with van der Waals surface area (Å²) in [7, 11) is 0.